The van der Waals surface area contributed by atoms with Crippen molar-refractivity contribution in [1.82, 2.24) is 10.9 Å². The van der Waals surface area contributed by atoms with Crippen LogP contribution in [0.15, 0.2) is 30.3 Å². The van der Waals surface area contributed by atoms with Crippen molar-refractivity contribution >= 4 is 23.2 Å². The smallest absolute Gasteiger partial charge is 0.279 e. The molecule has 1 aromatic carbocycles. The fraction of sp³-hybridized carbons (Fsp3) is 0.368. The zero-order valence-corrected chi connectivity index (χ0v) is 15.3. The summed E-state index contributed by atoms with van der Waals surface area (Å²) in [6.45, 7) is 1.55. The average molecular weight is 376 g/mol. The molecule has 1 unspecified atom stereocenters. The highest BCUT2D eigenvalue weighted by molar-refractivity contribution is 7.14. The van der Waals surface area contributed by atoms with Crippen LogP contribution < -0.4 is 15.6 Å². The zero-order valence-electron chi connectivity index (χ0n) is 14.5. The number of carbonyl (C=O) groups excluding carboxylic acids is 2. The van der Waals surface area contributed by atoms with Crippen molar-refractivity contribution in [2.45, 2.75) is 45.1 Å². The van der Waals surface area contributed by atoms with Crippen LogP contribution in [0.1, 0.15) is 46.3 Å². The topological polar surface area (TPSA) is 67.4 Å². The molecule has 0 spiro atoms. The first kappa shape index (κ1) is 18.4. The number of benzene rings is 1. The number of rotatable bonds is 4. The Morgan fingerprint density at radius 1 is 1.12 bits per heavy atom. The number of carbonyl (C=O) groups is 2. The highest BCUT2D eigenvalue weighted by Crippen LogP contribution is 2.28. The number of hydrazine groups is 1. The zero-order chi connectivity index (χ0) is 18.5. The monoisotopic (exact) mass is 376 g/mol. The largest absolute Gasteiger partial charge is 0.481 e. The molecule has 0 saturated carbocycles. The average Bonchev–Trinajstić information content (AvgIpc) is 2.92. The van der Waals surface area contributed by atoms with Gasteiger partial charge in [0.25, 0.3) is 11.8 Å². The third-order valence-electron chi connectivity index (χ3n) is 4.27. The Morgan fingerprint density at radius 3 is 2.62 bits per heavy atom. The van der Waals surface area contributed by atoms with E-state index in [1.54, 1.807) is 6.92 Å². The van der Waals surface area contributed by atoms with E-state index in [0.717, 1.165) is 25.7 Å². The van der Waals surface area contributed by atoms with Crippen LogP contribution in [-0.4, -0.2) is 17.9 Å². The second kappa shape index (κ2) is 8.31. The second-order valence-corrected chi connectivity index (χ2v) is 7.41. The molecule has 3 rings (SSSR count). The molecule has 1 aromatic heterocycles. The van der Waals surface area contributed by atoms with Crippen LogP contribution in [0.4, 0.5) is 4.39 Å². The normalized spacial score (nSPS) is 14.7. The van der Waals surface area contributed by atoms with Crippen molar-refractivity contribution in [1.29, 1.82) is 0 Å². The molecule has 1 aliphatic carbocycles. The van der Waals surface area contributed by atoms with Gasteiger partial charge in [-0.1, -0.05) is 6.42 Å². The number of hydrogen-bond acceptors (Lipinski definition) is 4. The molecule has 5 nitrogen and oxygen atoms in total. The summed E-state index contributed by atoms with van der Waals surface area (Å²) < 4.78 is 18.3. The molecular formula is C19H21FN2O3S. The lowest BCUT2D eigenvalue weighted by molar-refractivity contribution is -0.128. The Bertz CT molecular complexity index is 765. The summed E-state index contributed by atoms with van der Waals surface area (Å²) in [7, 11) is 0. The SMILES string of the molecule is CC(Oc1ccc(F)cc1)C(=O)NNC(=O)c1cc2c(s1)CCCCC2. The Labute approximate surface area is 155 Å². The molecule has 2 N–H and O–H groups in total. The molecule has 138 valence electrons. The standard InChI is InChI=1S/C19H21FN2O3S/c1-12(25-15-9-7-14(20)8-10-15)18(23)21-22-19(24)17-11-13-5-3-2-4-6-16(13)26-17/h7-12H,2-6H2,1H3,(H,21,23)(H,22,24). The summed E-state index contributed by atoms with van der Waals surface area (Å²) in [4.78, 5) is 26.2. The number of hydrogen-bond donors (Lipinski definition) is 2. The molecule has 0 aliphatic heterocycles. The number of nitrogens with one attached hydrogen (secondary N) is 2. The molecule has 1 aliphatic rings. The number of thiophene rings is 1. The summed E-state index contributed by atoms with van der Waals surface area (Å²) >= 11 is 1.49. The lowest BCUT2D eigenvalue weighted by atomic mass is 10.1. The van der Waals surface area contributed by atoms with Gasteiger partial charge in [0.1, 0.15) is 11.6 Å². The third kappa shape index (κ3) is 4.60. The fourth-order valence-corrected chi connectivity index (χ4v) is 3.98. The highest BCUT2D eigenvalue weighted by Gasteiger charge is 2.19. The molecule has 2 amide bonds. The second-order valence-electron chi connectivity index (χ2n) is 6.28. The lowest BCUT2D eigenvalue weighted by Crippen LogP contribution is -2.47. The highest BCUT2D eigenvalue weighted by atomic mass is 32.1. The van der Waals surface area contributed by atoms with Crippen LogP contribution in [0.5, 0.6) is 5.75 Å². The number of amides is 2. The molecule has 0 radical (unpaired) electrons. The Morgan fingerprint density at radius 2 is 1.85 bits per heavy atom. The van der Waals surface area contributed by atoms with Gasteiger partial charge in [0.05, 0.1) is 4.88 Å². The van der Waals surface area contributed by atoms with Crippen LogP contribution >= 0.6 is 11.3 Å². The first-order chi connectivity index (χ1) is 12.5. The van der Waals surface area contributed by atoms with E-state index in [1.165, 1.54) is 52.5 Å². The fourth-order valence-electron chi connectivity index (χ4n) is 2.83. The Kier molecular flexibility index (Phi) is 5.88. The van der Waals surface area contributed by atoms with Gasteiger partial charge in [0.15, 0.2) is 6.10 Å². The number of ether oxygens (including phenoxy) is 1. The number of halogens is 1. The van der Waals surface area contributed by atoms with E-state index in [9.17, 15) is 14.0 Å². The van der Waals surface area contributed by atoms with Crippen molar-refractivity contribution in [3.05, 3.63) is 51.5 Å². The molecule has 7 heteroatoms. The quantitative estimate of drug-likeness (QED) is 0.635. The van der Waals surface area contributed by atoms with Gasteiger partial charge in [-0.25, -0.2) is 4.39 Å². The predicted octanol–water partition coefficient (Wildman–Crippen LogP) is 3.38. The molecule has 2 aromatic rings. The number of fused-ring (bicyclic) bond motifs is 1. The molecule has 26 heavy (non-hydrogen) atoms. The minimum absolute atomic E-state index is 0.328. The van der Waals surface area contributed by atoms with Crippen LogP contribution in [0.3, 0.4) is 0 Å². The van der Waals surface area contributed by atoms with Crippen LogP contribution in [0.2, 0.25) is 0 Å². The van der Waals surface area contributed by atoms with Crippen molar-refractivity contribution in [3.8, 4) is 5.75 Å². The Hall–Kier alpha value is -2.41. The van der Waals surface area contributed by atoms with E-state index >= 15 is 0 Å². The first-order valence-corrected chi connectivity index (χ1v) is 9.48. The maximum atomic E-state index is 12.9. The summed E-state index contributed by atoms with van der Waals surface area (Å²) in [5.41, 5.74) is 6.05. The third-order valence-corrected chi connectivity index (χ3v) is 5.50. The van der Waals surface area contributed by atoms with Gasteiger partial charge >= 0.3 is 0 Å². The van der Waals surface area contributed by atoms with E-state index < -0.39 is 12.0 Å². The van der Waals surface area contributed by atoms with E-state index in [2.05, 4.69) is 10.9 Å². The lowest BCUT2D eigenvalue weighted by Gasteiger charge is -2.14. The van der Waals surface area contributed by atoms with Crippen molar-refractivity contribution in [2.75, 3.05) is 0 Å². The predicted molar refractivity (Wildman–Crippen MR) is 97.7 cm³/mol. The van der Waals surface area contributed by atoms with Crippen molar-refractivity contribution in [2.24, 2.45) is 0 Å². The van der Waals surface area contributed by atoms with Crippen molar-refractivity contribution in [3.63, 3.8) is 0 Å². The van der Waals surface area contributed by atoms with Gasteiger partial charge in [-0.05, 0) is 68.5 Å². The van der Waals surface area contributed by atoms with Gasteiger partial charge in [0.2, 0.25) is 0 Å². The van der Waals surface area contributed by atoms with Gasteiger partial charge in [0, 0.05) is 4.88 Å². The van der Waals surface area contributed by atoms with Crippen LogP contribution in [0.25, 0.3) is 0 Å². The van der Waals surface area contributed by atoms with Crippen molar-refractivity contribution < 1.29 is 18.7 Å². The van der Waals surface area contributed by atoms with Gasteiger partial charge in [-0.3, -0.25) is 20.4 Å². The van der Waals surface area contributed by atoms with Gasteiger partial charge in [-0.15, -0.1) is 11.3 Å². The maximum absolute atomic E-state index is 12.9. The minimum Gasteiger partial charge on any atom is -0.481 e. The van der Waals surface area contributed by atoms with Gasteiger partial charge in [-0.2, -0.15) is 0 Å². The van der Waals surface area contributed by atoms with E-state index in [-0.39, 0.29) is 11.7 Å². The molecular weight excluding hydrogens is 355 g/mol. The summed E-state index contributed by atoms with van der Waals surface area (Å²) in [5, 5.41) is 0. The van der Waals surface area contributed by atoms with E-state index in [4.69, 9.17) is 4.74 Å². The molecule has 0 fully saturated rings. The Balaban J connectivity index is 1.52. The van der Waals surface area contributed by atoms with Gasteiger partial charge < -0.3 is 4.74 Å². The molecule has 0 bridgehead atoms. The number of aryl methyl sites for hydroxylation is 2. The molecule has 1 heterocycles. The van der Waals surface area contributed by atoms with Crippen LogP contribution in [-0.2, 0) is 17.6 Å². The molecule has 1 atom stereocenters. The van der Waals surface area contributed by atoms with E-state index in [0.29, 0.717) is 10.6 Å². The van der Waals surface area contributed by atoms with E-state index in [1.807, 2.05) is 6.07 Å². The maximum Gasteiger partial charge on any atom is 0.279 e. The van der Waals surface area contributed by atoms with Crippen LogP contribution in [0, 0.1) is 5.82 Å². The minimum atomic E-state index is -0.833. The first-order valence-electron chi connectivity index (χ1n) is 8.67. The summed E-state index contributed by atoms with van der Waals surface area (Å²) in [5.74, 6) is -0.815. The molecule has 0 saturated heterocycles. The summed E-state index contributed by atoms with van der Waals surface area (Å²) in [6.07, 6.45) is 4.73. The summed E-state index contributed by atoms with van der Waals surface area (Å²) in [6, 6.07) is 7.31.